The number of hydrogen-bond donors (Lipinski definition) is 1. The molecule has 1 aromatic rings. The van der Waals surface area contributed by atoms with Gasteiger partial charge >= 0.3 is 5.69 Å². The van der Waals surface area contributed by atoms with Gasteiger partial charge in [0.25, 0.3) is 0 Å². The molecule has 0 aliphatic heterocycles. The molecule has 0 aliphatic rings. The first-order valence-corrected chi connectivity index (χ1v) is 5.60. The molecule has 0 unspecified atom stereocenters. The average Bonchev–Trinajstić information content (AvgIpc) is 1.99. The van der Waals surface area contributed by atoms with E-state index in [1.807, 2.05) is 4.72 Å². The molecule has 6 nitrogen and oxygen atoms in total. The number of nitrogens with one attached hydrogen (secondary N) is 1. The fourth-order valence-electron chi connectivity index (χ4n) is 0.933. The summed E-state index contributed by atoms with van der Waals surface area (Å²) in [7, 11) is -3.51. The molecule has 0 aromatic heterocycles. The van der Waals surface area contributed by atoms with Gasteiger partial charge < -0.3 is 0 Å². The van der Waals surface area contributed by atoms with E-state index < -0.39 is 26.5 Å². The molecule has 0 radical (unpaired) electrons. The number of nitro benzene ring substituents is 1. The van der Waals surface area contributed by atoms with Crippen LogP contribution in [-0.2, 0) is 10.0 Å². The molecule has 82 valence electrons. The molecular weight excluding hydrogens is 227 g/mol. The molecule has 15 heavy (non-hydrogen) atoms. The van der Waals surface area contributed by atoms with Crippen LogP contribution in [0.3, 0.4) is 0 Å². The number of nitro groups is 1. The normalized spacial score (nSPS) is 11.1. The van der Waals surface area contributed by atoms with Crippen LogP contribution in [0.25, 0.3) is 0 Å². The maximum absolute atomic E-state index is 13.0. The van der Waals surface area contributed by atoms with Gasteiger partial charge in [-0.3, -0.25) is 14.8 Å². The van der Waals surface area contributed by atoms with Crippen molar-refractivity contribution in [2.45, 2.75) is 0 Å². The molecule has 1 aromatic carbocycles. The van der Waals surface area contributed by atoms with Gasteiger partial charge in [0.2, 0.25) is 15.8 Å². The molecule has 0 atom stereocenters. The molecule has 8 heteroatoms. The summed E-state index contributed by atoms with van der Waals surface area (Å²) in [5.74, 6) is -1.09. The van der Waals surface area contributed by atoms with Crippen molar-refractivity contribution >= 4 is 21.4 Å². The zero-order chi connectivity index (χ0) is 11.6. The van der Waals surface area contributed by atoms with Crippen LogP contribution < -0.4 is 4.72 Å². The van der Waals surface area contributed by atoms with Gasteiger partial charge in [0.05, 0.1) is 16.9 Å². The van der Waals surface area contributed by atoms with Crippen LogP contribution >= 0.6 is 0 Å². The van der Waals surface area contributed by atoms with Crippen LogP contribution in [-0.4, -0.2) is 19.6 Å². The van der Waals surface area contributed by atoms with Gasteiger partial charge in [-0.05, 0) is 6.07 Å². The maximum atomic E-state index is 13.0. The van der Waals surface area contributed by atoms with Gasteiger partial charge in [0, 0.05) is 12.1 Å². The second-order valence-corrected chi connectivity index (χ2v) is 4.55. The first-order chi connectivity index (χ1) is 6.79. The Hall–Kier alpha value is -1.70. The average molecular weight is 234 g/mol. The van der Waals surface area contributed by atoms with Gasteiger partial charge in [-0.1, -0.05) is 0 Å². The summed E-state index contributed by atoms with van der Waals surface area (Å²) < 4.78 is 36.5. The quantitative estimate of drug-likeness (QED) is 0.626. The topological polar surface area (TPSA) is 89.3 Å². The van der Waals surface area contributed by atoms with E-state index in [0.717, 1.165) is 24.5 Å². The third-order valence-electron chi connectivity index (χ3n) is 1.45. The number of sulfonamides is 1. The third kappa shape index (κ3) is 3.17. The first kappa shape index (κ1) is 11.4. The number of nitrogens with zero attached hydrogens (tertiary/aromatic N) is 1. The zero-order valence-electron chi connectivity index (χ0n) is 7.60. The molecular formula is C7H7FN2O4S. The standard InChI is InChI=1S/C7H7FN2O4S/c1-15(13,14)9-5-2-3-7(10(11)12)6(8)4-5/h2-4,9H,1H3. The maximum Gasteiger partial charge on any atom is 0.304 e. The lowest BCUT2D eigenvalue weighted by atomic mass is 10.3. The summed E-state index contributed by atoms with van der Waals surface area (Å²) in [5, 5.41) is 10.2. The molecule has 0 heterocycles. The summed E-state index contributed by atoms with van der Waals surface area (Å²) in [5.41, 5.74) is -0.755. The zero-order valence-corrected chi connectivity index (χ0v) is 8.41. The molecule has 0 bridgehead atoms. The Morgan fingerprint density at radius 3 is 2.47 bits per heavy atom. The van der Waals surface area contributed by atoms with E-state index in [-0.39, 0.29) is 5.69 Å². The minimum atomic E-state index is -3.51. The molecule has 1 N–H and O–H groups in total. The fourth-order valence-corrected chi connectivity index (χ4v) is 1.49. The van der Waals surface area contributed by atoms with Gasteiger partial charge in [0.1, 0.15) is 0 Å². The lowest BCUT2D eigenvalue weighted by molar-refractivity contribution is -0.387. The highest BCUT2D eigenvalue weighted by Crippen LogP contribution is 2.21. The van der Waals surface area contributed by atoms with Crippen molar-refractivity contribution in [3.63, 3.8) is 0 Å². The van der Waals surface area contributed by atoms with E-state index >= 15 is 0 Å². The highest BCUT2D eigenvalue weighted by Gasteiger charge is 2.14. The summed E-state index contributed by atoms with van der Waals surface area (Å²) in [6.07, 6.45) is 0.895. The van der Waals surface area contributed by atoms with Crippen molar-refractivity contribution in [1.82, 2.24) is 0 Å². The van der Waals surface area contributed by atoms with Gasteiger partial charge in [0.15, 0.2) is 0 Å². The van der Waals surface area contributed by atoms with E-state index in [0.29, 0.717) is 0 Å². The molecule has 0 saturated heterocycles. The van der Waals surface area contributed by atoms with Crippen LogP contribution in [0.4, 0.5) is 15.8 Å². The molecule has 0 aliphatic carbocycles. The monoisotopic (exact) mass is 234 g/mol. The smallest absolute Gasteiger partial charge is 0.284 e. The van der Waals surface area contributed by atoms with Crippen molar-refractivity contribution in [2.75, 3.05) is 11.0 Å². The Kier molecular flexibility index (Phi) is 2.89. The largest absolute Gasteiger partial charge is 0.304 e. The van der Waals surface area contributed by atoms with Crippen molar-refractivity contribution in [1.29, 1.82) is 0 Å². The lowest BCUT2D eigenvalue weighted by Crippen LogP contribution is -2.09. The van der Waals surface area contributed by atoms with Crippen molar-refractivity contribution in [3.05, 3.63) is 34.1 Å². The van der Waals surface area contributed by atoms with Crippen molar-refractivity contribution < 1.29 is 17.7 Å². The third-order valence-corrected chi connectivity index (χ3v) is 2.05. The Bertz CT molecular complexity index is 500. The van der Waals surface area contributed by atoms with E-state index in [1.165, 1.54) is 0 Å². The number of hydrogen-bond acceptors (Lipinski definition) is 4. The number of halogens is 1. The fraction of sp³-hybridized carbons (Fsp3) is 0.143. The van der Waals surface area contributed by atoms with Crippen LogP contribution in [0.1, 0.15) is 0 Å². The van der Waals surface area contributed by atoms with E-state index in [9.17, 15) is 22.9 Å². The van der Waals surface area contributed by atoms with E-state index in [4.69, 9.17) is 0 Å². The van der Waals surface area contributed by atoms with Crippen molar-refractivity contribution in [2.24, 2.45) is 0 Å². The molecule has 0 spiro atoms. The number of anilines is 1. The minimum absolute atomic E-state index is 0.0550. The number of rotatable bonds is 3. The van der Waals surface area contributed by atoms with E-state index in [1.54, 1.807) is 0 Å². The minimum Gasteiger partial charge on any atom is -0.284 e. The van der Waals surface area contributed by atoms with Crippen LogP contribution in [0.5, 0.6) is 0 Å². The van der Waals surface area contributed by atoms with E-state index in [2.05, 4.69) is 0 Å². The lowest BCUT2D eigenvalue weighted by Gasteiger charge is -2.03. The molecule has 0 amide bonds. The molecule has 0 fully saturated rings. The predicted octanol–water partition coefficient (Wildman–Crippen LogP) is 1.11. The van der Waals surface area contributed by atoms with Gasteiger partial charge in [-0.25, -0.2) is 8.42 Å². The second-order valence-electron chi connectivity index (χ2n) is 2.80. The van der Waals surface area contributed by atoms with Crippen LogP contribution in [0, 0.1) is 15.9 Å². The summed E-state index contributed by atoms with van der Waals surface area (Å²) in [6, 6.07) is 2.75. The Labute approximate surface area is 84.9 Å². The van der Waals surface area contributed by atoms with Gasteiger partial charge in [-0.2, -0.15) is 4.39 Å². The predicted molar refractivity (Wildman–Crippen MR) is 51.5 cm³/mol. The van der Waals surface area contributed by atoms with Gasteiger partial charge in [-0.15, -0.1) is 0 Å². The Morgan fingerprint density at radius 2 is 2.07 bits per heavy atom. The Balaban J connectivity index is 3.07. The molecule has 0 saturated carbocycles. The SMILES string of the molecule is CS(=O)(=O)Nc1ccc([N+](=O)[O-])c(F)c1. The van der Waals surface area contributed by atoms with Crippen molar-refractivity contribution in [3.8, 4) is 0 Å². The van der Waals surface area contributed by atoms with Crippen LogP contribution in [0.2, 0.25) is 0 Å². The van der Waals surface area contributed by atoms with Crippen LogP contribution in [0.15, 0.2) is 18.2 Å². The highest BCUT2D eigenvalue weighted by atomic mass is 32.2. The Morgan fingerprint density at radius 1 is 1.47 bits per heavy atom. The highest BCUT2D eigenvalue weighted by molar-refractivity contribution is 7.92. The summed E-state index contributed by atoms with van der Waals surface area (Å²) >= 11 is 0. The molecule has 1 rings (SSSR count). The second kappa shape index (κ2) is 3.81. The summed E-state index contributed by atoms with van der Waals surface area (Å²) in [4.78, 5) is 9.36. The summed E-state index contributed by atoms with van der Waals surface area (Å²) in [6.45, 7) is 0. The number of benzene rings is 1. The first-order valence-electron chi connectivity index (χ1n) is 3.71.